The highest BCUT2D eigenvalue weighted by Gasteiger charge is 2.22. The fourth-order valence-corrected chi connectivity index (χ4v) is 5.64. The lowest BCUT2D eigenvalue weighted by molar-refractivity contribution is 0.102. The minimum absolute atomic E-state index is 0.0103. The number of carbonyl (C=O) groups excluding carboxylic acids is 1. The Morgan fingerprint density at radius 2 is 2.12 bits per heavy atom. The van der Waals surface area contributed by atoms with Crippen LogP contribution in [0.4, 0.5) is 0 Å². The molecule has 0 amide bonds. The Morgan fingerprint density at radius 3 is 2.92 bits per heavy atom. The molecule has 0 saturated heterocycles. The predicted molar refractivity (Wildman–Crippen MR) is 108 cm³/mol. The summed E-state index contributed by atoms with van der Waals surface area (Å²) < 4.78 is 1.59. The summed E-state index contributed by atoms with van der Waals surface area (Å²) in [5.74, 6) is 0.348. The molecule has 0 unspecified atom stereocenters. The van der Waals surface area contributed by atoms with Gasteiger partial charge in [-0.05, 0) is 50.3 Å². The van der Waals surface area contributed by atoms with Gasteiger partial charge >= 0.3 is 0 Å². The van der Waals surface area contributed by atoms with E-state index in [2.05, 4.69) is 0 Å². The number of aromatic nitrogens is 2. The van der Waals surface area contributed by atoms with Gasteiger partial charge in [0.2, 0.25) is 0 Å². The second-order valence-electron chi connectivity index (χ2n) is 6.83. The van der Waals surface area contributed by atoms with E-state index >= 15 is 0 Å². The highest BCUT2D eigenvalue weighted by atomic mass is 32.2. The van der Waals surface area contributed by atoms with Crippen molar-refractivity contribution in [1.82, 2.24) is 9.55 Å². The molecule has 0 N–H and O–H groups in total. The number of hydrogen-bond donors (Lipinski definition) is 0. The average molecular weight is 385 g/mol. The summed E-state index contributed by atoms with van der Waals surface area (Å²) >= 11 is 2.98. The monoisotopic (exact) mass is 384 g/mol. The van der Waals surface area contributed by atoms with Crippen molar-refractivity contribution in [2.24, 2.45) is 7.05 Å². The topological polar surface area (TPSA) is 52.0 Å². The van der Waals surface area contributed by atoms with Crippen LogP contribution in [0.25, 0.3) is 10.2 Å². The first kappa shape index (κ1) is 17.5. The average Bonchev–Trinajstić information content (AvgIpc) is 3.19. The predicted octanol–water partition coefficient (Wildman–Crippen LogP) is 4.08. The van der Waals surface area contributed by atoms with Crippen LogP contribution in [0, 0.1) is 13.8 Å². The summed E-state index contributed by atoms with van der Waals surface area (Å²) in [6.45, 7) is 3.93. The van der Waals surface area contributed by atoms with E-state index in [0.29, 0.717) is 5.16 Å². The molecule has 26 heavy (non-hydrogen) atoms. The first-order valence-electron chi connectivity index (χ1n) is 8.70. The van der Waals surface area contributed by atoms with E-state index in [4.69, 9.17) is 4.98 Å². The lowest BCUT2D eigenvalue weighted by Gasteiger charge is -2.09. The molecule has 0 fully saturated rings. The summed E-state index contributed by atoms with van der Waals surface area (Å²) in [6, 6.07) is 5.91. The second-order valence-corrected chi connectivity index (χ2v) is 8.85. The molecule has 4 rings (SSSR count). The number of aryl methyl sites for hydroxylation is 4. The van der Waals surface area contributed by atoms with Crippen molar-refractivity contribution in [1.29, 1.82) is 0 Å². The molecule has 1 aliphatic carbocycles. The van der Waals surface area contributed by atoms with Crippen molar-refractivity contribution >= 4 is 39.1 Å². The lowest BCUT2D eigenvalue weighted by Crippen LogP contribution is -2.20. The van der Waals surface area contributed by atoms with Crippen molar-refractivity contribution < 1.29 is 4.79 Å². The lowest BCUT2D eigenvalue weighted by atomic mass is 10.0. The molecule has 0 saturated carbocycles. The highest BCUT2D eigenvalue weighted by Crippen LogP contribution is 2.35. The van der Waals surface area contributed by atoms with Crippen molar-refractivity contribution in [2.75, 3.05) is 5.75 Å². The summed E-state index contributed by atoms with van der Waals surface area (Å²) in [4.78, 5) is 32.3. The quantitative estimate of drug-likeness (QED) is 0.386. The Bertz CT molecular complexity index is 1100. The fraction of sp³-hybridized carbons (Fsp3) is 0.350. The Morgan fingerprint density at radius 1 is 1.31 bits per heavy atom. The first-order chi connectivity index (χ1) is 12.5. The van der Waals surface area contributed by atoms with Crippen LogP contribution in [0.3, 0.4) is 0 Å². The molecule has 2 aromatic heterocycles. The largest absolute Gasteiger partial charge is 0.293 e. The number of hydrogen-bond acceptors (Lipinski definition) is 5. The molecule has 0 bridgehead atoms. The van der Waals surface area contributed by atoms with Crippen LogP contribution in [0.1, 0.15) is 38.3 Å². The Kier molecular flexibility index (Phi) is 4.49. The molecule has 0 atom stereocenters. The van der Waals surface area contributed by atoms with Crippen molar-refractivity contribution in [3.8, 4) is 0 Å². The van der Waals surface area contributed by atoms with Crippen molar-refractivity contribution in [3.63, 3.8) is 0 Å². The van der Waals surface area contributed by atoms with Crippen LogP contribution in [0.2, 0.25) is 0 Å². The zero-order chi connectivity index (χ0) is 18.4. The zero-order valence-corrected chi connectivity index (χ0v) is 16.7. The number of Topliss-reactive ketones (excluding diaryl/α,β-unsaturated/α-hetero) is 1. The van der Waals surface area contributed by atoms with Gasteiger partial charge in [-0.3, -0.25) is 14.2 Å². The number of carbonyl (C=O) groups is 1. The van der Waals surface area contributed by atoms with E-state index < -0.39 is 0 Å². The van der Waals surface area contributed by atoms with Gasteiger partial charge in [-0.1, -0.05) is 29.5 Å². The Balaban J connectivity index is 1.64. The molecule has 6 heteroatoms. The maximum Gasteiger partial charge on any atom is 0.262 e. The van der Waals surface area contributed by atoms with Gasteiger partial charge in [0.25, 0.3) is 5.56 Å². The van der Waals surface area contributed by atoms with Gasteiger partial charge in [0, 0.05) is 17.5 Å². The van der Waals surface area contributed by atoms with E-state index in [1.54, 1.807) is 23.0 Å². The van der Waals surface area contributed by atoms with Crippen LogP contribution >= 0.6 is 23.1 Å². The van der Waals surface area contributed by atoms with Crippen LogP contribution in [-0.2, 0) is 19.9 Å². The Labute approximate surface area is 160 Å². The number of nitrogens with zero attached hydrogens (tertiary/aromatic N) is 2. The van der Waals surface area contributed by atoms with Gasteiger partial charge in [-0.2, -0.15) is 0 Å². The minimum atomic E-state index is 0.0103. The molecular formula is C20H20N2O2S2. The smallest absolute Gasteiger partial charge is 0.262 e. The maximum absolute atomic E-state index is 12.8. The van der Waals surface area contributed by atoms with Crippen LogP contribution < -0.4 is 5.56 Å². The standard InChI is InChI=1S/C20H20N2O2S2/c1-11-7-8-12(2)14(9-11)15(23)10-25-20-21-18-17(19(24)22(20)3)13-5-4-6-16(13)26-18/h7-9H,4-6,10H2,1-3H3. The fourth-order valence-electron chi connectivity index (χ4n) is 3.48. The first-order valence-corrected chi connectivity index (χ1v) is 10.5. The zero-order valence-electron chi connectivity index (χ0n) is 15.1. The minimum Gasteiger partial charge on any atom is -0.293 e. The van der Waals surface area contributed by atoms with Gasteiger partial charge in [0.1, 0.15) is 4.83 Å². The second kappa shape index (κ2) is 6.67. The number of fused-ring (bicyclic) bond motifs is 3. The third kappa shape index (κ3) is 2.91. The number of ketones is 1. The van der Waals surface area contributed by atoms with Gasteiger partial charge in [0.05, 0.1) is 11.1 Å². The summed E-state index contributed by atoms with van der Waals surface area (Å²) in [7, 11) is 1.75. The van der Waals surface area contributed by atoms with Gasteiger partial charge in [0.15, 0.2) is 10.9 Å². The van der Waals surface area contributed by atoms with Gasteiger partial charge in [-0.15, -0.1) is 11.3 Å². The van der Waals surface area contributed by atoms with E-state index in [1.807, 2.05) is 32.0 Å². The number of benzene rings is 1. The van der Waals surface area contributed by atoms with E-state index in [-0.39, 0.29) is 17.1 Å². The third-order valence-corrected chi connectivity index (χ3v) is 7.15. The Hall–Kier alpha value is -1.92. The molecule has 0 spiro atoms. The number of rotatable bonds is 4. The van der Waals surface area contributed by atoms with Gasteiger partial charge < -0.3 is 0 Å². The molecule has 4 nitrogen and oxygen atoms in total. The molecule has 134 valence electrons. The molecule has 1 aromatic carbocycles. The summed E-state index contributed by atoms with van der Waals surface area (Å²) in [6.07, 6.45) is 3.15. The molecule has 2 heterocycles. The summed E-state index contributed by atoms with van der Waals surface area (Å²) in [5, 5.41) is 1.40. The molecule has 0 aliphatic heterocycles. The third-order valence-electron chi connectivity index (χ3n) is 4.93. The van der Waals surface area contributed by atoms with Crippen LogP contribution in [0.15, 0.2) is 28.2 Å². The molecule has 3 aromatic rings. The summed E-state index contributed by atoms with van der Waals surface area (Å²) in [5.41, 5.74) is 4.01. The highest BCUT2D eigenvalue weighted by molar-refractivity contribution is 7.99. The van der Waals surface area contributed by atoms with Crippen molar-refractivity contribution in [3.05, 3.63) is 55.7 Å². The number of thiophene rings is 1. The van der Waals surface area contributed by atoms with E-state index in [9.17, 15) is 9.59 Å². The molecule has 0 radical (unpaired) electrons. The number of thioether (sulfide) groups is 1. The maximum atomic E-state index is 12.8. The molecule has 1 aliphatic rings. The molecular weight excluding hydrogens is 364 g/mol. The SMILES string of the molecule is Cc1ccc(C)c(C(=O)CSc2nc3sc4c(c3c(=O)n2C)CCC4)c1. The van der Waals surface area contributed by atoms with E-state index in [0.717, 1.165) is 46.2 Å². The van der Waals surface area contributed by atoms with Crippen molar-refractivity contribution in [2.45, 2.75) is 38.3 Å². The van der Waals surface area contributed by atoms with Crippen LogP contribution in [-0.4, -0.2) is 21.1 Å². The van der Waals surface area contributed by atoms with Crippen LogP contribution in [0.5, 0.6) is 0 Å². The van der Waals surface area contributed by atoms with Gasteiger partial charge in [-0.25, -0.2) is 4.98 Å². The normalized spacial score (nSPS) is 13.3. The van der Waals surface area contributed by atoms with E-state index in [1.165, 1.54) is 22.2 Å².